The topological polar surface area (TPSA) is 82.5 Å². The van der Waals surface area contributed by atoms with Gasteiger partial charge in [-0.05, 0) is 25.1 Å². The van der Waals surface area contributed by atoms with E-state index in [4.69, 9.17) is 9.47 Å². The molecule has 0 bridgehead atoms. The molecular weight excluding hydrogens is 306 g/mol. The maximum Gasteiger partial charge on any atom is 0.241 e. The molecule has 1 aromatic heterocycles. The third kappa shape index (κ3) is 3.23. The van der Waals surface area contributed by atoms with Crippen molar-refractivity contribution >= 4 is 10.0 Å². The summed E-state index contributed by atoms with van der Waals surface area (Å²) in [5.41, 5.74) is 0. The van der Waals surface area contributed by atoms with E-state index >= 15 is 0 Å². The fourth-order valence-corrected chi connectivity index (χ4v) is 3.50. The number of nitrogens with one attached hydrogen (secondary N) is 1. The molecular formula is C14H17N3O4S. The summed E-state index contributed by atoms with van der Waals surface area (Å²) >= 11 is 0. The predicted octanol–water partition coefficient (Wildman–Crippen LogP) is 1.02. The Morgan fingerprint density at radius 3 is 2.82 bits per heavy atom. The molecule has 0 amide bonds. The van der Waals surface area contributed by atoms with Crippen molar-refractivity contribution in [3.63, 3.8) is 0 Å². The van der Waals surface area contributed by atoms with Crippen LogP contribution in [0.5, 0.6) is 11.5 Å². The Labute approximate surface area is 128 Å². The Hall–Kier alpha value is -2.06. The molecule has 1 aliphatic heterocycles. The average Bonchev–Trinajstić information content (AvgIpc) is 2.99. The molecule has 1 aliphatic rings. The van der Waals surface area contributed by atoms with Crippen molar-refractivity contribution in [1.82, 2.24) is 14.5 Å². The fourth-order valence-electron chi connectivity index (χ4n) is 2.25. The molecule has 2 aromatic rings. The highest BCUT2D eigenvalue weighted by Gasteiger charge is 2.21. The van der Waals surface area contributed by atoms with Crippen LogP contribution in [0.4, 0.5) is 0 Å². The molecule has 7 nitrogen and oxygen atoms in total. The van der Waals surface area contributed by atoms with Gasteiger partial charge < -0.3 is 9.47 Å². The molecule has 2 heterocycles. The van der Waals surface area contributed by atoms with Crippen LogP contribution in [-0.2, 0) is 16.6 Å². The van der Waals surface area contributed by atoms with Crippen molar-refractivity contribution in [3.05, 3.63) is 36.7 Å². The van der Waals surface area contributed by atoms with Crippen LogP contribution in [-0.4, -0.2) is 37.5 Å². The van der Waals surface area contributed by atoms with E-state index in [0.29, 0.717) is 31.3 Å². The van der Waals surface area contributed by atoms with Crippen LogP contribution in [0.15, 0.2) is 41.6 Å². The molecule has 1 atom stereocenters. The third-order valence-electron chi connectivity index (χ3n) is 3.20. The Morgan fingerprint density at radius 2 is 2.09 bits per heavy atom. The minimum absolute atomic E-state index is 0.157. The Morgan fingerprint density at radius 1 is 1.32 bits per heavy atom. The first kappa shape index (κ1) is 14.9. The van der Waals surface area contributed by atoms with E-state index in [1.807, 2.05) is 0 Å². The number of nitrogens with zero attached hydrogens (tertiary/aromatic N) is 2. The minimum Gasteiger partial charge on any atom is -0.486 e. The van der Waals surface area contributed by atoms with E-state index in [1.54, 1.807) is 36.1 Å². The van der Waals surface area contributed by atoms with Gasteiger partial charge in [-0.2, -0.15) is 5.10 Å². The van der Waals surface area contributed by atoms with E-state index in [-0.39, 0.29) is 10.9 Å². The first-order valence-electron chi connectivity index (χ1n) is 6.94. The van der Waals surface area contributed by atoms with E-state index < -0.39 is 10.0 Å². The molecule has 118 valence electrons. The van der Waals surface area contributed by atoms with Crippen LogP contribution in [0.25, 0.3) is 0 Å². The molecule has 1 unspecified atom stereocenters. The molecule has 0 fully saturated rings. The van der Waals surface area contributed by atoms with Gasteiger partial charge in [-0.1, -0.05) is 0 Å². The van der Waals surface area contributed by atoms with Crippen molar-refractivity contribution in [2.45, 2.75) is 24.4 Å². The van der Waals surface area contributed by atoms with Gasteiger partial charge in [-0.3, -0.25) is 4.68 Å². The maximum atomic E-state index is 12.4. The van der Waals surface area contributed by atoms with Crippen LogP contribution in [0.2, 0.25) is 0 Å². The Kier molecular flexibility index (Phi) is 4.04. The van der Waals surface area contributed by atoms with Gasteiger partial charge in [0.1, 0.15) is 13.2 Å². The highest BCUT2D eigenvalue weighted by atomic mass is 32.2. The maximum absolute atomic E-state index is 12.4. The number of benzene rings is 1. The Bertz CT molecular complexity index is 743. The van der Waals surface area contributed by atoms with E-state index in [2.05, 4.69) is 9.82 Å². The molecule has 0 radical (unpaired) electrons. The van der Waals surface area contributed by atoms with Gasteiger partial charge in [0.25, 0.3) is 0 Å². The summed E-state index contributed by atoms with van der Waals surface area (Å²) in [7, 11) is -3.62. The van der Waals surface area contributed by atoms with Gasteiger partial charge >= 0.3 is 0 Å². The van der Waals surface area contributed by atoms with Crippen molar-refractivity contribution in [1.29, 1.82) is 0 Å². The third-order valence-corrected chi connectivity index (χ3v) is 4.79. The van der Waals surface area contributed by atoms with Gasteiger partial charge in [-0.25, -0.2) is 13.1 Å². The summed E-state index contributed by atoms with van der Waals surface area (Å²) in [5.74, 6) is 1.02. The lowest BCUT2D eigenvalue weighted by molar-refractivity contribution is 0.171. The van der Waals surface area contributed by atoms with Gasteiger partial charge in [0.2, 0.25) is 10.0 Å². The monoisotopic (exact) mass is 323 g/mol. The quantitative estimate of drug-likeness (QED) is 0.888. The normalized spacial score (nSPS) is 15.5. The number of hydrogen-bond donors (Lipinski definition) is 1. The van der Waals surface area contributed by atoms with Crippen molar-refractivity contribution < 1.29 is 17.9 Å². The second-order valence-electron chi connectivity index (χ2n) is 5.06. The van der Waals surface area contributed by atoms with E-state index in [0.717, 1.165) is 0 Å². The summed E-state index contributed by atoms with van der Waals surface area (Å²) in [6, 6.07) is 6.11. The molecule has 3 rings (SSSR count). The lowest BCUT2D eigenvalue weighted by atomic mass is 10.3. The van der Waals surface area contributed by atoms with Crippen LogP contribution in [0.3, 0.4) is 0 Å². The smallest absolute Gasteiger partial charge is 0.241 e. The second-order valence-corrected chi connectivity index (χ2v) is 6.77. The van der Waals surface area contributed by atoms with Gasteiger partial charge in [0, 0.05) is 24.5 Å². The van der Waals surface area contributed by atoms with Crippen molar-refractivity contribution in [2.75, 3.05) is 13.2 Å². The summed E-state index contributed by atoms with van der Waals surface area (Å²) in [4.78, 5) is 0.157. The molecule has 1 N–H and O–H groups in total. The van der Waals surface area contributed by atoms with Gasteiger partial charge in [0.15, 0.2) is 11.5 Å². The SMILES string of the molecule is CC(Cn1cccn1)NS(=O)(=O)c1ccc2c(c1)OCCO2. The number of sulfonamides is 1. The molecule has 0 aliphatic carbocycles. The van der Waals surface area contributed by atoms with E-state index in [1.165, 1.54) is 12.1 Å². The number of fused-ring (bicyclic) bond motifs is 1. The zero-order valence-electron chi connectivity index (χ0n) is 12.1. The zero-order valence-corrected chi connectivity index (χ0v) is 12.9. The predicted molar refractivity (Wildman–Crippen MR) is 79.4 cm³/mol. The van der Waals surface area contributed by atoms with Gasteiger partial charge in [-0.15, -0.1) is 0 Å². The summed E-state index contributed by atoms with van der Waals surface area (Å²) in [5, 5.41) is 4.06. The molecule has 1 aromatic carbocycles. The second kappa shape index (κ2) is 5.98. The standard InChI is InChI=1S/C14H17N3O4S/c1-11(10-17-6-2-5-15-17)16-22(18,19)12-3-4-13-14(9-12)21-8-7-20-13/h2-6,9,11,16H,7-8,10H2,1H3. The lowest BCUT2D eigenvalue weighted by Gasteiger charge is -2.19. The summed E-state index contributed by atoms with van der Waals surface area (Å²) in [6.45, 7) is 3.13. The minimum atomic E-state index is -3.62. The number of ether oxygens (including phenoxy) is 2. The highest BCUT2D eigenvalue weighted by molar-refractivity contribution is 7.89. The van der Waals surface area contributed by atoms with E-state index in [9.17, 15) is 8.42 Å². The summed E-state index contributed by atoms with van der Waals surface area (Å²) < 4.78 is 40.0. The average molecular weight is 323 g/mol. The summed E-state index contributed by atoms with van der Waals surface area (Å²) in [6.07, 6.45) is 3.44. The number of hydrogen-bond acceptors (Lipinski definition) is 5. The van der Waals surface area contributed by atoms with Crippen LogP contribution < -0.4 is 14.2 Å². The first-order chi connectivity index (χ1) is 10.5. The van der Waals surface area contributed by atoms with Crippen molar-refractivity contribution in [2.24, 2.45) is 0 Å². The zero-order chi connectivity index (χ0) is 15.6. The van der Waals surface area contributed by atoms with Crippen LogP contribution in [0, 0.1) is 0 Å². The molecule has 0 spiro atoms. The number of aromatic nitrogens is 2. The molecule has 8 heteroatoms. The largest absolute Gasteiger partial charge is 0.486 e. The van der Waals surface area contributed by atoms with Crippen LogP contribution in [0.1, 0.15) is 6.92 Å². The molecule has 0 saturated heterocycles. The lowest BCUT2D eigenvalue weighted by Crippen LogP contribution is -2.35. The first-order valence-corrected chi connectivity index (χ1v) is 8.42. The molecule has 0 saturated carbocycles. The van der Waals surface area contributed by atoms with Gasteiger partial charge in [0.05, 0.1) is 11.4 Å². The molecule has 22 heavy (non-hydrogen) atoms. The number of rotatable bonds is 5. The van der Waals surface area contributed by atoms with Crippen LogP contribution >= 0.6 is 0 Å². The fraction of sp³-hybridized carbons (Fsp3) is 0.357. The Balaban J connectivity index is 1.74. The van der Waals surface area contributed by atoms with Crippen molar-refractivity contribution in [3.8, 4) is 11.5 Å². The highest BCUT2D eigenvalue weighted by Crippen LogP contribution is 2.32.